The van der Waals surface area contributed by atoms with Gasteiger partial charge < -0.3 is 19.0 Å². The highest BCUT2D eigenvalue weighted by Crippen LogP contribution is 2.17. The van der Waals surface area contributed by atoms with E-state index in [9.17, 15) is 14.4 Å². The highest BCUT2D eigenvalue weighted by Gasteiger charge is 2.23. The monoisotopic (exact) mass is 333 g/mol. The molecule has 1 aromatic heterocycles. The molecule has 0 aliphatic carbocycles. The Kier molecular flexibility index (Phi) is 4.28. The summed E-state index contributed by atoms with van der Waals surface area (Å²) in [4.78, 5) is 39.2. The summed E-state index contributed by atoms with van der Waals surface area (Å²) in [5.41, 5.74) is 1.52. The normalized spacial score (nSPS) is 15.4. The van der Waals surface area contributed by atoms with E-state index in [4.69, 9.17) is 9.15 Å². The molecule has 0 radical (unpaired) electrons. The quantitative estimate of drug-likeness (QED) is 0.778. The van der Waals surface area contributed by atoms with Gasteiger partial charge in [0, 0.05) is 38.8 Å². The second kappa shape index (κ2) is 6.38. The summed E-state index contributed by atoms with van der Waals surface area (Å²) in [5, 5.41) is 0. The van der Waals surface area contributed by atoms with E-state index in [-0.39, 0.29) is 12.0 Å². The van der Waals surface area contributed by atoms with Crippen LogP contribution in [0, 0.1) is 0 Å². The van der Waals surface area contributed by atoms with Gasteiger partial charge in [-0.1, -0.05) is 0 Å². The lowest BCUT2D eigenvalue weighted by atomic mass is 10.1. The van der Waals surface area contributed by atoms with E-state index < -0.39 is 5.76 Å². The number of hydrogen-bond acceptors (Lipinski definition) is 5. The molecule has 0 unspecified atom stereocenters. The maximum atomic E-state index is 12.7. The molecular formula is C16H19N3O5. The average Bonchev–Trinajstić information content (AvgIpc) is 2.78. The maximum Gasteiger partial charge on any atom is 0.419 e. The van der Waals surface area contributed by atoms with Crippen molar-refractivity contribution in [2.45, 2.75) is 6.42 Å². The number of nitrogens with zero attached hydrogens (tertiary/aromatic N) is 3. The minimum Gasteiger partial charge on any atom is -0.453 e. The fourth-order valence-electron chi connectivity index (χ4n) is 2.87. The van der Waals surface area contributed by atoms with E-state index in [0.29, 0.717) is 49.3 Å². The third kappa shape index (κ3) is 2.86. The molecule has 0 atom stereocenters. The van der Waals surface area contributed by atoms with Gasteiger partial charge in [0.1, 0.15) is 0 Å². The van der Waals surface area contributed by atoms with Crippen LogP contribution in [-0.4, -0.2) is 59.7 Å². The SMILES string of the molecule is COC(=O)N1CCCN(C(=O)c2ccc3oc(=O)n(C)c3c2)CC1. The zero-order valence-electron chi connectivity index (χ0n) is 13.7. The minimum atomic E-state index is -0.460. The van der Waals surface area contributed by atoms with E-state index in [1.54, 1.807) is 35.0 Å². The summed E-state index contributed by atoms with van der Waals surface area (Å²) >= 11 is 0. The summed E-state index contributed by atoms with van der Waals surface area (Å²) in [6.07, 6.45) is 0.312. The fraction of sp³-hybridized carbons (Fsp3) is 0.438. The molecule has 3 rings (SSSR count). The molecule has 2 amide bonds. The first-order valence-electron chi connectivity index (χ1n) is 7.73. The Hall–Kier alpha value is -2.77. The van der Waals surface area contributed by atoms with Gasteiger partial charge in [-0.15, -0.1) is 0 Å². The van der Waals surface area contributed by atoms with E-state index in [2.05, 4.69) is 0 Å². The summed E-state index contributed by atoms with van der Waals surface area (Å²) in [7, 11) is 2.95. The number of aromatic nitrogens is 1. The first-order chi connectivity index (χ1) is 11.5. The summed E-state index contributed by atoms with van der Waals surface area (Å²) in [6.45, 7) is 2.00. The number of oxazole rings is 1. The Labute approximate surface area is 138 Å². The molecule has 0 N–H and O–H groups in total. The maximum absolute atomic E-state index is 12.7. The number of rotatable bonds is 1. The molecule has 1 fully saturated rings. The molecule has 1 aromatic carbocycles. The zero-order valence-corrected chi connectivity index (χ0v) is 13.7. The summed E-state index contributed by atoms with van der Waals surface area (Å²) < 4.78 is 11.2. The van der Waals surface area contributed by atoms with Crippen LogP contribution in [-0.2, 0) is 11.8 Å². The van der Waals surface area contributed by atoms with Crippen molar-refractivity contribution in [2.24, 2.45) is 7.05 Å². The standard InChI is InChI=1S/C16H19N3O5/c1-17-12-10-11(4-5-13(12)24-15(17)21)14(20)18-6-3-7-19(9-8-18)16(22)23-2/h4-5,10H,3,6-9H2,1-2H3. The lowest BCUT2D eigenvalue weighted by molar-refractivity contribution is 0.0757. The molecule has 2 aromatic rings. The number of hydrogen-bond donors (Lipinski definition) is 0. The number of amides is 2. The van der Waals surface area contributed by atoms with Crippen molar-refractivity contribution in [2.75, 3.05) is 33.3 Å². The van der Waals surface area contributed by atoms with E-state index >= 15 is 0 Å². The van der Waals surface area contributed by atoms with Crippen molar-refractivity contribution in [1.82, 2.24) is 14.4 Å². The molecule has 128 valence electrons. The van der Waals surface area contributed by atoms with Gasteiger partial charge in [0.25, 0.3) is 5.91 Å². The van der Waals surface area contributed by atoms with Crippen molar-refractivity contribution < 1.29 is 18.7 Å². The van der Waals surface area contributed by atoms with Crippen LogP contribution in [0.25, 0.3) is 11.1 Å². The number of benzene rings is 1. The molecule has 2 heterocycles. The Morgan fingerprint density at radius 2 is 1.83 bits per heavy atom. The van der Waals surface area contributed by atoms with E-state index in [0.717, 1.165) is 0 Å². The van der Waals surface area contributed by atoms with Gasteiger partial charge in [0.2, 0.25) is 0 Å². The van der Waals surface area contributed by atoms with E-state index in [1.807, 2.05) is 0 Å². The Morgan fingerprint density at radius 3 is 2.58 bits per heavy atom. The molecule has 1 saturated heterocycles. The third-order valence-corrected chi connectivity index (χ3v) is 4.25. The van der Waals surface area contributed by atoms with Crippen LogP contribution in [0.1, 0.15) is 16.8 Å². The number of aryl methyl sites for hydroxylation is 1. The van der Waals surface area contributed by atoms with Crippen LogP contribution in [0.15, 0.2) is 27.4 Å². The highest BCUT2D eigenvalue weighted by molar-refractivity contribution is 5.97. The lowest BCUT2D eigenvalue weighted by Crippen LogP contribution is -2.37. The van der Waals surface area contributed by atoms with Crippen LogP contribution >= 0.6 is 0 Å². The topological polar surface area (TPSA) is 85.0 Å². The molecule has 8 nitrogen and oxygen atoms in total. The molecule has 1 aliphatic rings. The molecule has 1 aliphatic heterocycles. The number of carbonyl (C=O) groups excluding carboxylic acids is 2. The van der Waals surface area contributed by atoms with Gasteiger partial charge in [-0.3, -0.25) is 9.36 Å². The number of carbonyl (C=O) groups is 2. The van der Waals surface area contributed by atoms with Crippen LogP contribution in [0.3, 0.4) is 0 Å². The Morgan fingerprint density at radius 1 is 1.12 bits per heavy atom. The molecular weight excluding hydrogens is 314 g/mol. The molecule has 0 saturated carbocycles. The molecule has 8 heteroatoms. The van der Waals surface area contributed by atoms with Crippen LogP contribution in [0.4, 0.5) is 4.79 Å². The zero-order chi connectivity index (χ0) is 17.3. The first-order valence-corrected chi connectivity index (χ1v) is 7.73. The van der Waals surface area contributed by atoms with Crippen molar-refractivity contribution in [3.63, 3.8) is 0 Å². The van der Waals surface area contributed by atoms with Crippen molar-refractivity contribution >= 4 is 23.1 Å². The molecule has 24 heavy (non-hydrogen) atoms. The van der Waals surface area contributed by atoms with Crippen LogP contribution < -0.4 is 5.76 Å². The first kappa shape index (κ1) is 16.1. The summed E-state index contributed by atoms with van der Waals surface area (Å²) in [5.74, 6) is -0.588. The van der Waals surface area contributed by atoms with Gasteiger partial charge in [-0.05, 0) is 24.6 Å². The summed E-state index contributed by atoms with van der Waals surface area (Å²) in [6, 6.07) is 4.94. The lowest BCUT2D eigenvalue weighted by Gasteiger charge is -2.21. The Bertz CT molecular complexity index is 838. The number of fused-ring (bicyclic) bond motifs is 1. The van der Waals surface area contributed by atoms with Crippen molar-refractivity contribution in [3.05, 3.63) is 34.3 Å². The predicted octanol–water partition coefficient (Wildman–Crippen LogP) is 1.05. The van der Waals surface area contributed by atoms with Crippen LogP contribution in [0.5, 0.6) is 0 Å². The number of methoxy groups -OCH3 is 1. The van der Waals surface area contributed by atoms with Crippen LogP contribution in [0.2, 0.25) is 0 Å². The van der Waals surface area contributed by atoms with Gasteiger partial charge in [0.05, 0.1) is 12.6 Å². The average molecular weight is 333 g/mol. The van der Waals surface area contributed by atoms with Gasteiger partial charge >= 0.3 is 11.8 Å². The minimum absolute atomic E-state index is 0.128. The molecule has 0 bridgehead atoms. The predicted molar refractivity (Wildman–Crippen MR) is 86.0 cm³/mol. The Balaban J connectivity index is 1.80. The van der Waals surface area contributed by atoms with Gasteiger partial charge in [0.15, 0.2) is 5.58 Å². The largest absolute Gasteiger partial charge is 0.453 e. The fourth-order valence-corrected chi connectivity index (χ4v) is 2.87. The smallest absolute Gasteiger partial charge is 0.419 e. The number of ether oxygens (including phenoxy) is 1. The second-order valence-electron chi connectivity index (χ2n) is 5.71. The third-order valence-electron chi connectivity index (χ3n) is 4.25. The van der Waals surface area contributed by atoms with E-state index in [1.165, 1.54) is 11.7 Å². The van der Waals surface area contributed by atoms with Crippen molar-refractivity contribution in [1.29, 1.82) is 0 Å². The molecule has 0 spiro atoms. The second-order valence-corrected chi connectivity index (χ2v) is 5.71. The van der Waals surface area contributed by atoms with Gasteiger partial charge in [-0.25, -0.2) is 9.59 Å². The van der Waals surface area contributed by atoms with Crippen molar-refractivity contribution in [3.8, 4) is 0 Å². The highest BCUT2D eigenvalue weighted by atomic mass is 16.5. The van der Waals surface area contributed by atoms with Gasteiger partial charge in [-0.2, -0.15) is 0 Å².